The van der Waals surface area contributed by atoms with Crippen LogP contribution in [0.4, 0.5) is 11.4 Å². The number of hydrogen-bond donors (Lipinski definition) is 1. The molecule has 23 heavy (non-hydrogen) atoms. The Balaban J connectivity index is 2.27. The smallest absolute Gasteiger partial charge is 0.296 e. The van der Waals surface area contributed by atoms with Crippen molar-refractivity contribution in [2.45, 2.75) is 6.10 Å². The van der Waals surface area contributed by atoms with Crippen molar-refractivity contribution in [2.75, 3.05) is 19.5 Å². The van der Waals surface area contributed by atoms with Crippen LogP contribution in [0, 0.1) is 10.1 Å². The molecule has 7 nitrogen and oxygen atoms in total. The van der Waals surface area contributed by atoms with Crippen LogP contribution in [0.3, 0.4) is 0 Å². The summed E-state index contributed by atoms with van der Waals surface area (Å²) in [4.78, 5) is 23.0. The Kier molecular flexibility index (Phi) is 5.27. The fraction of sp³-hybridized carbons (Fsp3) is 0.188. The van der Waals surface area contributed by atoms with Crippen molar-refractivity contribution < 1.29 is 19.2 Å². The number of nitrogens with one attached hydrogen (secondary N) is 1. The minimum atomic E-state index is -0.863. The summed E-state index contributed by atoms with van der Waals surface area (Å²) in [5.41, 5.74) is 0.489. The summed E-state index contributed by atoms with van der Waals surface area (Å²) < 4.78 is 10.2. The number of carbonyl (C=O) groups excluding carboxylic acids is 1. The van der Waals surface area contributed by atoms with Gasteiger partial charge < -0.3 is 14.8 Å². The second kappa shape index (κ2) is 7.37. The first-order valence-electron chi connectivity index (χ1n) is 6.78. The second-order valence-corrected chi connectivity index (χ2v) is 4.66. The highest BCUT2D eigenvalue weighted by atomic mass is 16.6. The lowest BCUT2D eigenvalue weighted by molar-refractivity contribution is -0.384. The lowest BCUT2D eigenvalue weighted by Crippen LogP contribution is -2.23. The Morgan fingerprint density at radius 2 is 1.87 bits per heavy atom. The molecule has 0 radical (unpaired) electrons. The Bertz CT molecular complexity index is 703. The van der Waals surface area contributed by atoms with Crippen molar-refractivity contribution in [1.82, 2.24) is 0 Å². The molecule has 2 rings (SSSR count). The van der Waals surface area contributed by atoms with Crippen LogP contribution in [0.1, 0.15) is 11.7 Å². The molecule has 7 heteroatoms. The van der Waals surface area contributed by atoms with Crippen LogP contribution in [0.25, 0.3) is 0 Å². The van der Waals surface area contributed by atoms with Gasteiger partial charge in [0, 0.05) is 7.11 Å². The van der Waals surface area contributed by atoms with Crippen molar-refractivity contribution in [1.29, 1.82) is 0 Å². The van der Waals surface area contributed by atoms with Crippen molar-refractivity contribution in [2.24, 2.45) is 0 Å². The second-order valence-electron chi connectivity index (χ2n) is 4.66. The lowest BCUT2D eigenvalue weighted by Gasteiger charge is -2.15. The summed E-state index contributed by atoms with van der Waals surface area (Å²) in [5, 5.41) is 13.7. The van der Waals surface area contributed by atoms with Gasteiger partial charge in [-0.1, -0.05) is 30.3 Å². The zero-order valence-electron chi connectivity index (χ0n) is 12.7. The van der Waals surface area contributed by atoms with Crippen molar-refractivity contribution in [3.63, 3.8) is 0 Å². The van der Waals surface area contributed by atoms with E-state index < -0.39 is 16.9 Å². The van der Waals surface area contributed by atoms with Gasteiger partial charge in [0.15, 0.2) is 6.10 Å². The highest BCUT2D eigenvalue weighted by Gasteiger charge is 2.23. The monoisotopic (exact) mass is 316 g/mol. The average Bonchev–Trinajstić information content (AvgIpc) is 2.56. The molecule has 1 N–H and O–H groups in total. The first-order chi connectivity index (χ1) is 11.1. The molecule has 0 spiro atoms. The van der Waals surface area contributed by atoms with Gasteiger partial charge >= 0.3 is 0 Å². The predicted octanol–water partition coefficient (Wildman–Crippen LogP) is 2.93. The van der Waals surface area contributed by atoms with Gasteiger partial charge in [0.2, 0.25) is 0 Å². The molecule has 0 bridgehead atoms. The number of ether oxygens (including phenoxy) is 2. The van der Waals surface area contributed by atoms with Crippen LogP contribution in [-0.4, -0.2) is 25.1 Å². The molecule has 0 aliphatic rings. The average molecular weight is 316 g/mol. The number of hydrogen-bond acceptors (Lipinski definition) is 5. The van der Waals surface area contributed by atoms with E-state index in [-0.39, 0.29) is 11.4 Å². The van der Waals surface area contributed by atoms with Crippen LogP contribution in [0.5, 0.6) is 5.75 Å². The van der Waals surface area contributed by atoms with E-state index in [0.29, 0.717) is 11.3 Å². The minimum absolute atomic E-state index is 0.0822. The van der Waals surface area contributed by atoms with Crippen molar-refractivity contribution in [3.05, 3.63) is 64.2 Å². The molecule has 0 saturated heterocycles. The van der Waals surface area contributed by atoms with Crippen molar-refractivity contribution in [3.8, 4) is 5.75 Å². The molecule has 2 aromatic carbocycles. The Hall–Kier alpha value is -2.93. The number of nitrogens with zero attached hydrogens (tertiary/aromatic N) is 1. The maximum absolute atomic E-state index is 12.4. The van der Waals surface area contributed by atoms with E-state index in [1.807, 2.05) is 6.07 Å². The number of nitro benzene ring substituents is 1. The molecule has 0 fully saturated rings. The first-order valence-corrected chi connectivity index (χ1v) is 6.78. The number of rotatable bonds is 6. The molecule has 1 amide bonds. The largest absolute Gasteiger partial charge is 0.496 e. The summed E-state index contributed by atoms with van der Waals surface area (Å²) in [6, 6.07) is 13.1. The van der Waals surface area contributed by atoms with Gasteiger partial charge in [-0.3, -0.25) is 14.9 Å². The number of benzene rings is 2. The third kappa shape index (κ3) is 3.83. The zero-order valence-corrected chi connectivity index (χ0v) is 12.7. The predicted molar refractivity (Wildman–Crippen MR) is 84.5 cm³/mol. The van der Waals surface area contributed by atoms with E-state index in [9.17, 15) is 14.9 Å². The molecule has 2 aromatic rings. The van der Waals surface area contributed by atoms with Gasteiger partial charge in [0.1, 0.15) is 11.4 Å². The molecule has 0 aliphatic carbocycles. The van der Waals surface area contributed by atoms with E-state index in [0.717, 1.165) is 0 Å². The lowest BCUT2D eigenvalue weighted by atomic mass is 10.1. The molecular weight excluding hydrogens is 300 g/mol. The van der Waals surface area contributed by atoms with Gasteiger partial charge in [0.05, 0.1) is 18.1 Å². The summed E-state index contributed by atoms with van der Waals surface area (Å²) >= 11 is 0. The number of carbonyl (C=O) groups is 1. The SMILES string of the molecule is COc1ccc(NC(=O)C(OC)c2ccccc2)c([N+](=O)[O-])c1. The normalized spacial score (nSPS) is 11.6. The molecule has 1 unspecified atom stereocenters. The Morgan fingerprint density at radius 1 is 1.17 bits per heavy atom. The van der Waals surface area contributed by atoms with E-state index in [1.54, 1.807) is 24.3 Å². The highest BCUT2D eigenvalue weighted by Crippen LogP contribution is 2.30. The van der Waals surface area contributed by atoms with Gasteiger partial charge in [-0.25, -0.2) is 0 Å². The minimum Gasteiger partial charge on any atom is -0.496 e. The molecule has 1 atom stereocenters. The standard InChI is InChI=1S/C16H16N2O5/c1-22-12-8-9-13(14(10-12)18(20)21)17-16(19)15(23-2)11-6-4-3-5-7-11/h3-10,15H,1-2H3,(H,17,19). The maximum Gasteiger partial charge on any atom is 0.296 e. The maximum atomic E-state index is 12.4. The van der Waals surface area contributed by atoms with Crippen LogP contribution >= 0.6 is 0 Å². The van der Waals surface area contributed by atoms with Gasteiger partial charge in [0.25, 0.3) is 11.6 Å². The molecule has 0 aliphatic heterocycles. The molecule has 120 valence electrons. The highest BCUT2D eigenvalue weighted by molar-refractivity contribution is 5.96. The third-order valence-corrected chi connectivity index (χ3v) is 3.24. The number of amides is 1. The quantitative estimate of drug-likeness (QED) is 0.653. The molecule has 0 aromatic heterocycles. The van der Waals surface area contributed by atoms with Crippen LogP contribution < -0.4 is 10.1 Å². The number of methoxy groups -OCH3 is 2. The van der Waals surface area contributed by atoms with Gasteiger partial charge in [-0.15, -0.1) is 0 Å². The summed E-state index contributed by atoms with van der Waals surface area (Å²) in [6.07, 6.45) is -0.863. The topological polar surface area (TPSA) is 90.7 Å². The molecule has 0 saturated carbocycles. The van der Waals surface area contributed by atoms with E-state index in [4.69, 9.17) is 9.47 Å². The fourth-order valence-corrected chi connectivity index (χ4v) is 2.12. The van der Waals surface area contributed by atoms with E-state index in [2.05, 4.69) is 5.32 Å². The zero-order chi connectivity index (χ0) is 16.8. The first kappa shape index (κ1) is 16.4. The van der Waals surface area contributed by atoms with Gasteiger partial charge in [-0.2, -0.15) is 0 Å². The number of nitro groups is 1. The fourth-order valence-electron chi connectivity index (χ4n) is 2.12. The van der Waals surface area contributed by atoms with Gasteiger partial charge in [-0.05, 0) is 17.7 Å². The summed E-state index contributed by atoms with van der Waals surface area (Å²) in [7, 11) is 2.81. The van der Waals surface area contributed by atoms with E-state index in [1.165, 1.54) is 32.4 Å². The van der Waals surface area contributed by atoms with Crippen LogP contribution in [0.2, 0.25) is 0 Å². The van der Waals surface area contributed by atoms with Crippen LogP contribution in [0.15, 0.2) is 48.5 Å². The Morgan fingerprint density at radius 3 is 2.43 bits per heavy atom. The summed E-state index contributed by atoms with van der Waals surface area (Å²) in [6.45, 7) is 0. The summed E-state index contributed by atoms with van der Waals surface area (Å²) in [5.74, 6) is -0.159. The van der Waals surface area contributed by atoms with E-state index >= 15 is 0 Å². The number of anilines is 1. The van der Waals surface area contributed by atoms with Crippen molar-refractivity contribution >= 4 is 17.3 Å². The Labute approximate surface area is 133 Å². The van der Waals surface area contributed by atoms with Crippen LogP contribution in [-0.2, 0) is 9.53 Å². The third-order valence-electron chi connectivity index (χ3n) is 3.24. The molecular formula is C16H16N2O5. The molecule has 0 heterocycles.